The van der Waals surface area contributed by atoms with Gasteiger partial charge in [-0.2, -0.15) is 4.98 Å². The summed E-state index contributed by atoms with van der Waals surface area (Å²) in [7, 11) is 0. The summed E-state index contributed by atoms with van der Waals surface area (Å²) in [6.07, 6.45) is -0.284. The molecule has 0 spiro atoms. The van der Waals surface area contributed by atoms with Crippen LogP contribution >= 0.6 is 0 Å². The quantitative estimate of drug-likeness (QED) is 0.662. The van der Waals surface area contributed by atoms with Crippen LogP contribution in [-0.2, 0) is 6.42 Å². The van der Waals surface area contributed by atoms with Gasteiger partial charge < -0.3 is 10.7 Å². The van der Waals surface area contributed by atoms with Gasteiger partial charge in [0, 0.05) is 24.1 Å². The van der Waals surface area contributed by atoms with Crippen LogP contribution in [-0.4, -0.2) is 19.9 Å². The third-order valence-electron chi connectivity index (χ3n) is 2.88. The molecule has 0 atom stereocenters. The number of nitrogens with one attached hydrogen (secondary N) is 2. The standard InChI is InChI=1S/C12H8F3N5O/c13-4-1-6(14)5(7(15)2-4)3-8-17-9-10(18-8)19-12(16)20-11(9)21/h1-2H,3H2,(H4,16,17,18,19,20,21). The molecule has 0 aliphatic carbocycles. The Hall–Kier alpha value is -2.84. The van der Waals surface area contributed by atoms with Crippen LogP contribution in [0.3, 0.4) is 0 Å². The molecule has 9 heteroatoms. The average molecular weight is 295 g/mol. The van der Waals surface area contributed by atoms with Crippen LogP contribution in [0.25, 0.3) is 11.2 Å². The summed E-state index contributed by atoms with van der Waals surface area (Å²) in [6.45, 7) is 0. The number of imidazole rings is 1. The number of benzene rings is 1. The van der Waals surface area contributed by atoms with Gasteiger partial charge in [-0.1, -0.05) is 0 Å². The van der Waals surface area contributed by atoms with Crippen molar-refractivity contribution in [3.05, 3.63) is 51.3 Å². The summed E-state index contributed by atoms with van der Waals surface area (Å²) < 4.78 is 40.0. The molecule has 0 saturated heterocycles. The molecule has 0 saturated carbocycles. The summed E-state index contributed by atoms with van der Waals surface area (Å²) in [6, 6.07) is 1.15. The number of fused-ring (bicyclic) bond motifs is 1. The maximum absolute atomic E-state index is 13.6. The number of nitrogens with zero attached hydrogens (tertiary/aromatic N) is 2. The molecule has 0 aliphatic rings. The predicted octanol–water partition coefficient (Wildman–Crippen LogP) is 1.24. The smallest absolute Gasteiger partial charge is 0.278 e. The number of anilines is 1. The third-order valence-corrected chi connectivity index (χ3v) is 2.88. The minimum Gasteiger partial charge on any atom is -0.369 e. The first-order valence-electron chi connectivity index (χ1n) is 5.82. The SMILES string of the molecule is Nc1nc2nc(Cc3c(F)cc(F)cc3F)[nH]c2c(=O)[nH]1. The molecular formula is C12H8F3N5O. The summed E-state index contributed by atoms with van der Waals surface area (Å²) in [5.74, 6) is -3.09. The normalized spacial score (nSPS) is 11.2. The average Bonchev–Trinajstić information content (AvgIpc) is 2.76. The van der Waals surface area contributed by atoms with Gasteiger partial charge in [0.1, 0.15) is 23.3 Å². The third kappa shape index (κ3) is 2.33. The van der Waals surface area contributed by atoms with Crippen LogP contribution in [0.4, 0.5) is 19.1 Å². The van der Waals surface area contributed by atoms with Crippen molar-refractivity contribution in [3.8, 4) is 0 Å². The Labute approximate surface area is 114 Å². The number of halogens is 3. The molecule has 0 fully saturated rings. The lowest BCUT2D eigenvalue weighted by Gasteiger charge is -2.02. The second-order valence-corrected chi connectivity index (χ2v) is 4.36. The largest absolute Gasteiger partial charge is 0.369 e. The van der Waals surface area contributed by atoms with Crippen molar-refractivity contribution < 1.29 is 13.2 Å². The van der Waals surface area contributed by atoms with Gasteiger partial charge in [0.15, 0.2) is 11.2 Å². The fraction of sp³-hybridized carbons (Fsp3) is 0.0833. The minimum absolute atomic E-state index is 0.0363. The van der Waals surface area contributed by atoms with Crippen LogP contribution in [0.1, 0.15) is 11.4 Å². The van der Waals surface area contributed by atoms with Gasteiger partial charge in [0.25, 0.3) is 5.56 Å². The number of hydrogen-bond acceptors (Lipinski definition) is 4. The van der Waals surface area contributed by atoms with Gasteiger partial charge in [-0.05, 0) is 0 Å². The highest BCUT2D eigenvalue weighted by molar-refractivity contribution is 5.70. The highest BCUT2D eigenvalue weighted by Gasteiger charge is 2.15. The summed E-state index contributed by atoms with van der Waals surface area (Å²) in [5, 5.41) is 0. The number of nitrogen functional groups attached to an aromatic ring is 1. The van der Waals surface area contributed by atoms with E-state index in [0.717, 1.165) is 0 Å². The molecule has 0 unspecified atom stereocenters. The van der Waals surface area contributed by atoms with E-state index < -0.39 is 23.0 Å². The first-order chi connectivity index (χ1) is 9.94. The Morgan fingerprint density at radius 1 is 1.10 bits per heavy atom. The Balaban J connectivity index is 2.07. The molecule has 0 aliphatic heterocycles. The molecular weight excluding hydrogens is 287 g/mol. The van der Waals surface area contributed by atoms with E-state index in [1.807, 2.05) is 0 Å². The van der Waals surface area contributed by atoms with Gasteiger partial charge in [0.2, 0.25) is 5.95 Å². The lowest BCUT2D eigenvalue weighted by Crippen LogP contribution is -2.10. The van der Waals surface area contributed by atoms with Gasteiger partial charge >= 0.3 is 0 Å². The monoisotopic (exact) mass is 295 g/mol. The van der Waals surface area contributed by atoms with E-state index in [1.165, 1.54) is 0 Å². The van der Waals surface area contributed by atoms with Crippen molar-refractivity contribution in [1.82, 2.24) is 19.9 Å². The van der Waals surface area contributed by atoms with Gasteiger partial charge in [-0.25, -0.2) is 18.2 Å². The summed E-state index contributed by atoms with van der Waals surface area (Å²) in [4.78, 5) is 24.2. The topological polar surface area (TPSA) is 100 Å². The second kappa shape index (κ2) is 4.62. The zero-order valence-corrected chi connectivity index (χ0v) is 10.4. The molecule has 0 bridgehead atoms. The van der Waals surface area contributed by atoms with E-state index >= 15 is 0 Å². The molecule has 3 rings (SSSR count). The van der Waals surface area contributed by atoms with E-state index in [4.69, 9.17) is 5.73 Å². The van der Waals surface area contributed by atoms with Crippen LogP contribution in [0, 0.1) is 17.5 Å². The highest BCUT2D eigenvalue weighted by atomic mass is 19.1. The van der Waals surface area contributed by atoms with Gasteiger partial charge in [-0.15, -0.1) is 0 Å². The highest BCUT2D eigenvalue weighted by Crippen LogP contribution is 2.18. The van der Waals surface area contributed by atoms with E-state index in [-0.39, 0.29) is 34.9 Å². The Bertz CT molecular complexity index is 879. The zero-order chi connectivity index (χ0) is 15.1. The molecule has 1 aromatic carbocycles. The van der Waals surface area contributed by atoms with Crippen LogP contribution in [0.5, 0.6) is 0 Å². The molecule has 2 aromatic heterocycles. The van der Waals surface area contributed by atoms with Crippen LogP contribution < -0.4 is 11.3 Å². The molecule has 4 N–H and O–H groups in total. The summed E-state index contributed by atoms with van der Waals surface area (Å²) >= 11 is 0. The van der Waals surface area contributed by atoms with E-state index in [1.54, 1.807) is 0 Å². The zero-order valence-electron chi connectivity index (χ0n) is 10.4. The predicted molar refractivity (Wildman–Crippen MR) is 68.0 cm³/mol. The molecule has 2 heterocycles. The Morgan fingerprint density at radius 2 is 1.76 bits per heavy atom. The molecule has 108 valence electrons. The molecule has 0 radical (unpaired) electrons. The first kappa shape index (κ1) is 13.2. The number of rotatable bonds is 2. The van der Waals surface area contributed by atoms with E-state index in [0.29, 0.717) is 12.1 Å². The number of aromatic amines is 2. The lowest BCUT2D eigenvalue weighted by atomic mass is 10.1. The van der Waals surface area contributed by atoms with E-state index in [9.17, 15) is 18.0 Å². The fourth-order valence-electron chi connectivity index (χ4n) is 1.96. The second-order valence-electron chi connectivity index (χ2n) is 4.36. The number of H-pyrrole nitrogens is 2. The van der Waals surface area contributed by atoms with Crippen LogP contribution in [0.2, 0.25) is 0 Å². The first-order valence-corrected chi connectivity index (χ1v) is 5.82. The maximum Gasteiger partial charge on any atom is 0.278 e. The minimum atomic E-state index is -1.03. The summed E-state index contributed by atoms with van der Waals surface area (Å²) in [5.41, 5.74) is 4.54. The molecule has 6 nitrogen and oxygen atoms in total. The van der Waals surface area contributed by atoms with Crippen molar-refractivity contribution >= 4 is 17.1 Å². The lowest BCUT2D eigenvalue weighted by molar-refractivity contribution is 0.526. The van der Waals surface area contributed by atoms with E-state index in [2.05, 4.69) is 19.9 Å². The Kier molecular flexibility index (Phi) is 2.89. The Morgan fingerprint density at radius 3 is 2.43 bits per heavy atom. The molecule has 0 amide bonds. The maximum atomic E-state index is 13.6. The van der Waals surface area contributed by atoms with Crippen molar-refractivity contribution in [1.29, 1.82) is 0 Å². The van der Waals surface area contributed by atoms with Gasteiger partial charge in [0.05, 0.1) is 0 Å². The van der Waals surface area contributed by atoms with Crippen molar-refractivity contribution in [2.75, 3.05) is 5.73 Å². The molecule has 21 heavy (non-hydrogen) atoms. The number of nitrogens with two attached hydrogens (primary N) is 1. The number of hydrogen-bond donors (Lipinski definition) is 3. The molecule has 3 aromatic rings. The van der Waals surface area contributed by atoms with Crippen molar-refractivity contribution in [3.63, 3.8) is 0 Å². The van der Waals surface area contributed by atoms with Crippen LogP contribution in [0.15, 0.2) is 16.9 Å². The van der Waals surface area contributed by atoms with Gasteiger partial charge in [-0.3, -0.25) is 9.78 Å². The fourth-order valence-corrected chi connectivity index (χ4v) is 1.96. The van der Waals surface area contributed by atoms with Crippen molar-refractivity contribution in [2.45, 2.75) is 6.42 Å². The van der Waals surface area contributed by atoms with Crippen molar-refractivity contribution in [2.24, 2.45) is 0 Å². The number of aromatic nitrogens is 4.